The number of rotatable bonds is 3. The number of hydrogen-bond donors (Lipinski definition) is 1. The van der Waals surface area contributed by atoms with E-state index in [0.29, 0.717) is 18.0 Å². The van der Waals surface area contributed by atoms with Crippen LogP contribution in [0.3, 0.4) is 0 Å². The van der Waals surface area contributed by atoms with Crippen LogP contribution in [0.1, 0.15) is 24.4 Å². The highest BCUT2D eigenvalue weighted by molar-refractivity contribution is 5.29. The zero-order valence-electron chi connectivity index (χ0n) is 9.80. The van der Waals surface area contributed by atoms with E-state index in [9.17, 15) is 5.11 Å². The fourth-order valence-electron chi connectivity index (χ4n) is 1.70. The van der Waals surface area contributed by atoms with Gasteiger partial charge in [0, 0.05) is 18.6 Å². The predicted octanol–water partition coefficient (Wildman–Crippen LogP) is 0.422. The van der Waals surface area contributed by atoms with Crippen LogP contribution in [0.5, 0.6) is 0 Å². The number of imidazole rings is 1. The number of hydrogen-bond acceptors (Lipinski definition) is 5. The summed E-state index contributed by atoms with van der Waals surface area (Å²) in [5.74, 6) is 0.656. The lowest BCUT2D eigenvalue weighted by atomic mass is 10.3. The SMILES string of the molecule is CC(O)c1cn(Cc2cn3cccnc3n2)nn1. The van der Waals surface area contributed by atoms with Crippen LogP contribution < -0.4 is 0 Å². The van der Waals surface area contributed by atoms with Gasteiger partial charge in [-0.05, 0) is 13.0 Å². The van der Waals surface area contributed by atoms with Gasteiger partial charge in [-0.25, -0.2) is 14.6 Å². The summed E-state index contributed by atoms with van der Waals surface area (Å²) >= 11 is 0. The minimum Gasteiger partial charge on any atom is -0.387 e. The Balaban J connectivity index is 1.86. The lowest BCUT2D eigenvalue weighted by Crippen LogP contribution is -2.00. The van der Waals surface area contributed by atoms with Crippen LogP contribution in [0.2, 0.25) is 0 Å². The maximum atomic E-state index is 9.37. The molecule has 1 unspecified atom stereocenters. The first kappa shape index (κ1) is 10.8. The maximum absolute atomic E-state index is 9.37. The second-order valence-corrected chi connectivity index (χ2v) is 4.08. The smallest absolute Gasteiger partial charge is 0.233 e. The molecule has 1 N–H and O–H groups in total. The first-order valence-electron chi connectivity index (χ1n) is 5.59. The van der Waals surface area contributed by atoms with E-state index in [1.165, 1.54) is 0 Å². The number of nitrogens with zero attached hydrogens (tertiary/aromatic N) is 6. The molecule has 3 aromatic heterocycles. The van der Waals surface area contributed by atoms with Crippen molar-refractivity contribution in [3.63, 3.8) is 0 Å². The van der Waals surface area contributed by atoms with Crippen molar-refractivity contribution >= 4 is 5.78 Å². The molecule has 0 bridgehead atoms. The zero-order valence-corrected chi connectivity index (χ0v) is 9.80. The Morgan fingerprint density at radius 1 is 1.39 bits per heavy atom. The lowest BCUT2D eigenvalue weighted by molar-refractivity contribution is 0.194. The van der Waals surface area contributed by atoms with E-state index >= 15 is 0 Å². The molecular formula is C11H12N6O. The highest BCUT2D eigenvalue weighted by Gasteiger charge is 2.08. The monoisotopic (exact) mass is 244 g/mol. The molecule has 3 aromatic rings. The van der Waals surface area contributed by atoms with E-state index < -0.39 is 6.10 Å². The summed E-state index contributed by atoms with van der Waals surface area (Å²) < 4.78 is 3.49. The van der Waals surface area contributed by atoms with Gasteiger partial charge in [-0.2, -0.15) is 0 Å². The molecule has 1 atom stereocenters. The second kappa shape index (κ2) is 4.19. The first-order chi connectivity index (χ1) is 8.72. The van der Waals surface area contributed by atoms with Gasteiger partial charge >= 0.3 is 0 Å². The average Bonchev–Trinajstić information content (AvgIpc) is 2.94. The van der Waals surface area contributed by atoms with Gasteiger partial charge in [0.2, 0.25) is 5.78 Å². The van der Waals surface area contributed by atoms with E-state index in [1.807, 2.05) is 22.9 Å². The Morgan fingerprint density at radius 2 is 2.28 bits per heavy atom. The molecular weight excluding hydrogens is 232 g/mol. The molecule has 0 aromatic carbocycles. The molecule has 0 fully saturated rings. The van der Waals surface area contributed by atoms with Crippen LogP contribution in [0.4, 0.5) is 0 Å². The second-order valence-electron chi connectivity index (χ2n) is 4.08. The quantitative estimate of drug-likeness (QED) is 0.722. The summed E-state index contributed by atoms with van der Waals surface area (Å²) in [6.45, 7) is 2.16. The minimum absolute atomic E-state index is 0.503. The van der Waals surface area contributed by atoms with Gasteiger partial charge in [0.25, 0.3) is 0 Å². The topological polar surface area (TPSA) is 81.1 Å². The third-order valence-corrected chi connectivity index (χ3v) is 2.59. The highest BCUT2D eigenvalue weighted by Crippen LogP contribution is 2.08. The number of fused-ring (bicyclic) bond motifs is 1. The van der Waals surface area contributed by atoms with Crippen LogP contribution >= 0.6 is 0 Å². The van der Waals surface area contributed by atoms with Gasteiger partial charge in [0.1, 0.15) is 5.69 Å². The number of aliphatic hydroxyl groups excluding tert-OH is 1. The van der Waals surface area contributed by atoms with Crippen molar-refractivity contribution in [3.05, 3.63) is 42.2 Å². The van der Waals surface area contributed by atoms with E-state index in [4.69, 9.17) is 0 Å². The van der Waals surface area contributed by atoms with E-state index in [-0.39, 0.29) is 0 Å². The molecule has 0 amide bonds. The van der Waals surface area contributed by atoms with Crippen molar-refractivity contribution < 1.29 is 5.11 Å². The first-order valence-corrected chi connectivity index (χ1v) is 5.59. The van der Waals surface area contributed by atoms with Crippen molar-refractivity contribution in [1.82, 2.24) is 29.4 Å². The Bertz CT molecular complexity index is 638. The normalized spacial score (nSPS) is 13.0. The van der Waals surface area contributed by atoms with Crippen molar-refractivity contribution in [2.24, 2.45) is 0 Å². The van der Waals surface area contributed by atoms with Gasteiger partial charge in [0.15, 0.2) is 0 Å². The molecule has 0 radical (unpaired) electrons. The Labute approximate surface area is 103 Å². The number of aromatic nitrogens is 6. The molecule has 92 valence electrons. The van der Waals surface area contributed by atoms with Gasteiger partial charge in [-0.3, -0.25) is 4.40 Å². The van der Waals surface area contributed by atoms with E-state index in [2.05, 4.69) is 20.3 Å². The third-order valence-electron chi connectivity index (χ3n) is 2.59. The molecule has 0 aliphatic heterocycles. The summed E-state index contributed by atoms with van der Waals surface area (Å²) in [6, 6.07) is 1.85. The summed E-state index contributed by atoms with van der Waals surface area (Å²) in [7, 11) is 0. The molecule has 7 heteroatoms. The Hall–Kier alpha value is -2.28. The largest absolute Gasteiger partial charge is 0.387 e. The molecule has 7 nitrogen and oxygen atoms in total. The van der Waals surface area contributed by atoms with Crippen molar-refractivity contribution in [2.75, 3.05) is 0 Å². The summed E-state index contributed by atoms with van der Waals surface area (Å²) in [5.41, 5.74) is 1.40. The van der Waals surface area contributed by atoms with Crippen LogP contribution in [-0.2, 0) is 6.54 Å². The van der Waals surface area contributed by atoms with Crippen LogP contribution in [0.15, 0.2) is 30.9 Å². The standard InChI is InChI=1S/C11H12N6O/c1-8(18)10-7-17(15-14-10)6-9-5-16-4-2-3-12-11(16)13-9/h2-5,7-8,18H,6H2,1H3. The predicted molar refractivity (Wildman–Crippen MR) is 62.7 cm³/mol. The molecule has 18 heavy (non-hydrogen) atoms. The number of aliphatic hydroxyl groups is 1. The molecule has 0 saturated heterocycles. The minimum atomic E-state index is -0.610. The van der Waals surface area contributed by atoms with Gasteiger partial charge in [0.05, 0.1) is 24.5 Å². The molecule has 0 spiro atoms. The average molecular weight is 244 g/mol. The van der Waals surface area contributed by atoms with Gasteiger partial charge < -0.3 is 5.11 Å². The molecule has 3 heterocycles. The third kappa shape index (κ3) is 1.95. The van der Waals surface area contributed by atoms with Crippen molar-refractivity contribution in [3.8, 4) is 0 Å². The maximum Gasteiger partial charge on any atom is 0.233 e. The molecule has 0 aliphatic rings. The van der Waals surface area contributed by atoms with Gasteiger partial charge in [-0.15, -0.1) is 5.10 Å². The van der Waals surface area contributed by atoms with Gasteiger partial charge in [-0.1, -0.05) is 5.21 Å². The van der Waals surface area contributed by atoms with Crippen LogP contribution in [0, 0.1) is 0 Å². The van der Waals surface area contributed by atoms with Crippen molar-refractivity contribution in [1.29, 1.82) is 0 Å². The Morgan fingerprint density at radius 3 is 3.00 bits per heavy atom. The molecule has 0 aliphatic carbocycles. The summed E-state index contributed by atoms with van der Waals surface area (Å²) in [5, 5.41) is 17.2. The lowest BCUT2D eigenvalue weighted by Gasteiger charge is -1.96. The van der Waals surface area contributed by atoms with Crippen LogP contribution in [-0.4, -0.2) is 34.5 Å². The van der Waals surface area contributed by atoms with E-state index in [1.54, 1.807) is 24.0 Å². The highest BCUT2D eigenvalue weighted by atomic mass is 16.3. The fourth-order valence-corrected chi connectivity index (χ4v) is 1.70. The Kier molecular flexibility index (Phi) is 2.52. The summed E-state index contributed by atoms with van der Waals surface area (Å²) in [6.07, 6.45) is 6.59. The molecule has 3 rings (SSSR count). The zero-order chi connectivity index (χ0) is 12.5. The summed E-state index contributed by atoms with van der Waals surface area (Å²) in [4.78, 5) is 8.51. The van der Waals surface area contributed by atoms with Crippen molar-refractivity contribution in [2.45, 2.75) is 19.6 Å². The van der Waals surface area contributed by atoms with E-state index in [0.717, 1.165) is 5.69 Å². The van der Waals surface area contributed by atoms with Crippen LogP contribution in [0.25, 0.3) is 5.78 Å². The molecule has 0 saturated carbocycles. The fraction of sp³-hybridized carbons (Fsp3) is 0.273.